The number of carbonyl (C=O) groups excluding carboxylic acids is 1. The Morgan fingerprint density at radius 2 is 2.29 bits per heavy atom. The predicted molar refractivity (Wildman–Crippen MR) is 50.6 cm³/mol. The maximum absolute atomic E-state index is 11.0. The van der Waals surface area contributed by atoms with Crippen LogP contribution >= 0.6 is 0 Å². The molecule has 0 aromatic carbocycles. The lowest BCUT2D eigenvalue weighted by atomic mass is 10.3. The molecule has 2 aromatic rings. The smallest absolute Gasteiger partial charge is 0.265 e. The van der Waals surface area contributed by atoms with Gasteiger partial charge in [-0.25, -0.2) is 0 Å². The molecule has 0 fully saturated rings. The summed E-state index contributed by atoms with van der Waals surface area (Å²) in [5.74, 6) is -0.535. The fourth-order valence-corrected chi connectivity index (χ4v) is 1.43. The van der Waals surface area contributed by atoms with Crippen LogP contribution in [0.1, 0.15) is 16.1 Å². The van der Waals surface area contributed by atoms with Crippen LogP contribution in [-0.4, -0.2) is 10.3 Å². The molecule has 68 valence electrons. The van der Waals surface area contributed by atoms with Crippen molar-refractivity contribution in [3.05, 3.63) is 41.7 Å². The Hall–Kier alpha value is -2.28. The van der Waals surface area contributed by atoms with Crippen LogP contribution in [0.15, 0.2) is 30.5 Å². The van der Waals surface area contributed by atoms with Gasteiger partial charge in [0.2, 0.25) is 0 Å². The van der Waals surface area contributed by atoms with Crippen LogP contribution < -0.4 is 5.73 Å². The number of nitriles is 1. The highest BCUT2D eigenvalue weighted by Crippen LogP contribution is 2.15. The van der Waals surface area contributed by atoms with E-state index in [2.05, 4.69) is 0 Å². The fourth-order valence-electron chi connectivity index (χ4n) is 1.43. The molecule has 14 heavy (non-hydrogen) atoms. The number of fused-ring (bicyclic) bond motifs is 1. The van der Waals surface area contributed by atoms with Crippen molar-refractivity contribution in [2.75, 3.05) is 0 Å². The zero-order chi connectivity index (χ0) is 10.1. The lowest BCUT2D eigenvalue weighted by molar-refractivity contribution is 0.0995. The van der Waals surface area contributed by atoms with Gasteiger partial charge in [-0.1, -0.05) is 6.07 Å². The zero-order valence-electron chi connectivity index (χ0n) is 7.27. The third kappa shape index (κ3) is 1.04. The topological polar surface area (TPSA) is 71.3 Å². The maximum atomic E-state index is 11.0. The van der Waals surface area contributed by atoms with E-state index in [1.807, 2.05) is 6.07 Å². The van der Waals surface area contributed by atoms with E-state index in [1.54, 1.807) is 28.8 Å². The first-order valence-corrected chi connectivity index (χ1v) is 4.04. The minimum Gasteiger partial charge on any atom is -0.364 e. The highest BCUT2D eigenvalue weighted by molar-refractivity contribution is 5.93. The molecule has 2 heterocycles. The van der Waals surface area contributed by atoms with Gasteiger partial charge in [-0.3, -0.25) is 4.79 Å². The summed E-state index contributed by atoms with van der Waals surface area (Å²) in [6.45, 7) is 0. The molecule has 0 bridgehead atoms. The monoisotopic (exact) mass is 185 g/mol. The maximum Gasteiger partial charge on any atom is 0.265 e. The molecular weight excluding hydrogens is 178 g/mol. The number of aromatic nitrogens is 1. The van der Waals surface area contributed by atoms with Gasteiger partial charge in [0.1, 0.15) is 11.8 Å². The third-order valence-corrected chi connectivity index (χ3v) is 2.05. The van der Waals surface area contributed by atoms with Crippen LogP contribution in [0.25, 0.3) is 5.52 Å². The Morgan fingerprint density at radius 1 is 1.50 bits per heavy atom. The number of nitrogens with zero attached hydrogens (tertiary/aromatic N) is 2. The summed E-state index contributed by atoms with van der Waals surface area (Å²) in [5.41, 5.74) is 6.67. The van der Waals surface area contributed by atoms with Gasteiger partial charge in [0.15, 0.2) is 0 Å². The second-order valence-electron chi connectivity index (χ2n) is 2.88. The minimum atomic E-state index is -0.535. The fraction of sp³-hybridized carbons (Fsp3) is 0. The van der Waals surface area contributed by atoms with Crippen molar-refractivity contribution < 1.29 is 4.79 Å². The molecule has 0 aliphatic rings. The highest BCUT2D eigenvalue weighted by Gasteiger charge is 2.11. The van der Waals surface area contributed by atoms with Gasteiger partial charge in [-0.05, 0) is 18.2 Å². The lowest BCUT2D eigenvalue weighted by Crippen LogP contribution is -2.13. The molecule has 4 heteroatoms. The molecule has 0 unspecified atom stereocenters. The summed E-state index contributed by atoms with van der Waals surface area (Å²) < 4.78 is 1.61. The first-order valence-electron chi connectivity index (χ1n) is 4.04. The summed E-state index contributed by atoms with van der Waals surface area (Å²) >= 11 is 0. The van der Waals surface area contributed by atoms with E-state index >= 15 is 0 Å². The molecule has 0 aliphatic heterocycles. The molecule has 4 nitrogen and oxygen atoms in total. The normalized spacial score (nSPS) is 9.93. The second kappa shape index (κ2) is 2.89. The lowest BCUT2D eigenvalue weighted by Gasteiger charge is -1.96. The second-order valence-corrected chi connectivity index (χ2v) is 2.88. The van der Waals surface area contributed by atoms with Crippen molar-refractivity contribution in [2.24, 2.45) is 5.73 Å². The summed E-state index contributed by atoms with van der Waals surface area (Å²) in [6, 6.07) is 8.87. The Labute approximate surface area is 80.2 Å². The van der Waals surface area contributed by atoms with E-state index < -0.39 is 5.91 Å². The van der Waals surface area contributed by atoms with Gasteiger partial charge in [0.25, 0.3) is 5.91 Å². The summed E-state index contributed by atoms with van der Waals surface area (Å²) in [4.78, 5) is 11.0. The average molecular weight is 185 g/mol. The molecule has 0 saturated carbocycles. The van der Waals surface area contributed by atoms with Crippen LogP contribution in [0, 0.1) is 11.3 Å². The molecule has 2 N–H and O–H groups in total. The molecular formula is C10H7N3O. The SMILES string of the molecule is N#Cc1cc(C(N)=O)n2ccccc12. The van der Waals surface area contributed by atoms with E-state index in [-0.39, 0.29) is 0 Å². The first kappa shape index (κ1) is 8.32. The van der Waals surface area contributed by atoms with Crippen molar-refractivity contribution in [2.45, 2.75) is 0 Å². The number of nitrogens with two attached hydrogens (primary N) is 1. The Bertz CT molecular complexity index is 548. The number of carbonyl (C=O) groups is 1. The molecule has 2 aromatic heterocycles. The minimum absolute atomic E-state index is 0.331. The molecule has 0 spiro atoms. The van der Waals surface area contributed by atoms with Crippen molar-refractivity contribution in [1.29, 1.82) is 5.26 Å². The van der Waals surface area contributed by atoms with Gasteiger partial charge in [-0.2, -0.15) is 5.26 Å². The standard InChI is InChI=1S/C10H7N3O/c11-6-7-5-9(10(12)14)13-4-2-1-3-8(7)13/h1-5H,(H2,12,14). The van der Waals surface area contributed by atoms with Crippen molar-refractivity contribution in [3.8, 4) is 6.07 Å². The number of rotatable bonds is 1. The van der Waals surface area contributed by atoms with Gasteiger partial charge in [-0.15, -0.1) is 0 Å². The number of amides is 1. The quantitative estimate of drug-likeness (QED) is 0.717. The molecule has 0 saturated heterocycles. The van der Waals surface area contributed by atoms with Crippen molar-refractivity contribution in [3.63, 3.8) is 0 Å². The number of pyridine rings is 1. The van der Waals surface area contributed by atoms with Crippen LogP contribution in [-0.2, 0) is 0 Å². The van der Waals surface area contributed by atoms with Gasteiger partial charge in [0.05, 0.1) is 11.1 Å². The molecule has 0 aliphatic carbocycles. The number of primary amides is 1. The predicted octanol–water partition coefficient (Wildman–Crippen LogP) is 0.910. The number of hydrogen-bond acceptors (Lipinski definition) is 2. The van der Waals surface area contributed by atoms with Crippen LogP contribution in [0.3, 0.4) is 0 Å². The van der Waals surface area contributed by atoms with Gasteiger partial charge in [0, 0.05) is 6.20 Å². The Kier molecular flexibility index (Phi) is 1.72. The molecule has 0 radical (unpaired) electrons. The molecule has 0 atom stereocenters. The summed E-state index contributed by atoms with van der Waals surface area (Å²) in [5, 5.41) is 8.82. The van der Waals surface area contributed by atoms with E-state index in [9.17, 15) is 4.79 Å². The van der Waals surface area contributed by atoms with Crippen molar-refractivity contribution >= 4 is 11.4 Å². The Morgan fingerprint density at radius 3 is 2.93 bits per heavy atom. The van der Waals surface area contributed by atoms with E-state index in [1.165, 1.54) is 6.07 Å². The van der Waals surface area contributed by atoms with Crippen LogP contribution in [0.4, 0.5) is 0 Å². The highest BCUT2D eigenvalue weighted by atomic mass is 16.1. The summed E-state index contributed by atoms with van der Waals surface area (Å²) in [7, 11) is 0. The van der Waals surface area contributed by atoms with Crippen LogP contribution in [0.5, 0.6) is 0 Å². The average Bonchev–Trinajstić information content (AvgIpc) is 2.56. The number of hydrogen-bond donors (Lipinski definition) is 1. The van der Waals surface area contributed by atoms with Gasteiger partial charge < -0.3 is 10.1 Å². The first-order chi connectivity index (χ1) is 6.74. The third-order valence-electron chi connectivity index (χ3n) is 2.05. The Balaban J connectivity index is 2.88. The van der Waals surface area contributed by atoms with Crippen molar-refractivity contribution in [1.82, 2.24) is 4.40 Å². The van der Waals surface area contributed by atoms with E-state index in [4.69, 9.17) is 11.0 Å². The largest absolute Gasteiger partial charge is 0.364 e. The molecule has 2 rings (SSSR count). The van der Waals surface area contributed by atoms with Crippen LogP contribution in [0.2, 0.25) is 0 Å². The zero-order valence-corrected chi connectivity index (χ0v) is 7.27. The molecule has 1 amide bonds. The van der Waals surface area contributed by atoms with Gasteiger partial charge >= 0.3 is 0 Å². The summed E-state index contributed by atoms with van der Waals surface area (Å²) in [6.07, 6.45) is 1.70. The van der Waals surface area contributed by atoms with E-state index in [0.29, 0.717) is 16.8 Å². The van der Waals surface area contributed by atoms with E-state index in [0.717, 1.165) is 0 Å².